The smallest absolute Gasteiger partial charge is 0.425 e. The fourth-order valence-electron chi connectivity index (χ4n) is 13.6. The Morgan fingerprint density at radius 2 is 0.779 bits per heavy atom. The van der Waals surface area contributed by atoms with Crippen LogP contribution >= 0.6 is 0 Å². The molecule has 4 aromatic carbocycles. The number of carboxylic acid groups (broad SMARTS) is 3. The third kappa shape index (κ3) is 25.5. The van der Waals surface area contributed by atoms with Crippen molar-refractivity contribution < 1.29 is 164 Å². The molecule has 113 heavy (non-hydrogen) atoms. The number of anilines is 2. The monoisotopic (exact) mass is 1760 g/mol. The Balaban J connectivity index is 0.000000417. The summed E-state index contributed by atoms with van der Waals surface area (Å²) in [5.74, 6) is -7.23. The summed E-state index contributed by atoms with van der Waals surface area (Å²) in [5.41, 5.74) is 0.205. The Kier molecular flexibility index (Phi) is 32.0. The van der Waals surface area contributed by atoms with Crippen LogP contribution in [0.15, 0.2) is 118 Å². The van der Waals surface area contributed by atoms with Gasteiger partial charge >= 0.3 is 55.7 Å². The Bertz CT molecular complexity index is 5700. The molecule has 0 amide bonds. The lowest BCUT2D eigenvalue weighted by molar-refractivity contribution is -0.437. The number of nitrogens with zero attached hydrogens (tertiary/aromatic N) is 4. The molecule has 0 bridgehead atoms. The molecule has 0 unspecified atom stereocenters. The normalized spacial score (nSPS) is 16.5. The van der Waals surface area contributed by atoms with Crippen molar-refractivity contribution in [3.05, 3.63) is 153 Å². The molecule has 4 aromatic rings. The van der Waals surface area contributed by atoms with Gasteiger partial charge in [0.2, 0.25) is 11.4 Å². The third-order valence-electron chi connectivity index (χ3n) is 17.7. The number of rotatable bonds is 28. The maximum Gasteiger partial charge on any atom is 0.425 e. The Morgan fingerprint density at radius 3 is 1.07 bits per heavy atom. The Labute approximate surface area is 654 Å². The highest BCUT2D eigenvalue weighted by Gasteiger charge is 2.50. The average Bonchev–Trinajstić information content (AvgIpc) is 1.59. The number of carbonyl (C=O) groups excluding carboxylic acids is 1. The van der Waals surface area contributed by atoms with Crippen LogP contribution in [0, 0.1) is 0 Å². The molecule has 48 heteroatoms. The fourth-order valence-corrected chi connectivity index (χ4v) is 16.7. The minimum Gasteiger partial charge on any atom is -0.748 e. The van der Waals surface area contributed by atoms with Gasteiger partial charge in [-0.3, -0.25) is 18.2 Å². The number of carboxylic acids is 3. The van der Waals surface area contributed by atoms with Crippen LogP contribution in [0.4, 0.5) is 22.7 Å². The number of benzene rings is 4. The van der Waals surface area contributed by atoms with Gasteiger partial charge in [-0.1, -0.05) is 58.9 Å². The Hall–Kier alpha value is -9.02. The van der Waals surface area contributed by atoms with Crippen molar-refractivity contribution in [2.24, 2.45) is 0 Å². The number of carbonyl (C=O) groups is 4. The highest BCUT2D eigenvalue weighted by atomic mass is 32.2. The van der Waals surface area contributed by atoms with Gasteiger partial charge in [0, 0.05) is 106 Å². The quantitative estimate of drug-likeness (QED) is 0.0238. The van der Waals surface area contributed by atoms with E-state index in [2.05, 4.69) is 0 Å². The van der Waals surface area contributed by atoms with Crippen molar-refractivity contribution in [2.45, 2.75) is 126 Å². The molecule has 4 aliphatic rings. The molecule has 0 radical (unpaired) electrons. The van der Waals surface area contributed by atoms with Crippen LogP contribution in [0.25, 0.3) is 0 Å². The summed E-state index contributed by atoms with van der Waals surface area (Å²) in [6.07, 6.45) is 10.1. The molecule has 0 fully saturated rings. The van der Waals surface area contributed by atoms with Crippen LogP contribution in [0.2, 0.25) is 0 Å². The molecule has 4 heterocycles. The second-order valence-electron chi connectivity index (χ2n) is 27.0. The van der Waals surface area contributed by atoms with E-state index in [9.17, 15) is 112 Å². The van der Waals surface area contributed by atoms with Gasteiger partial charge in [-0.25, -0.2) is 36.0 Å². The van der Waals surface area contributed by atoms with Crippen LogP contribution in [-0.2, 0) is 119 Å². The molecular formula is C65H78N4O35S9. The summed E-state index contributed by atoms with van der Waals surface area (Å²) in [6.45, 7) is 16.0. The lowest BCUT2D eigenvalue weighted by Crippen LogP contribution is -2.30. The first kappa shape index (κ1) is 96.3. The number of hydrogen-bond acceptors (Lipinski definition) is 30. The van der Waals surface area contributed by atoms with E-state index in [1.165, 1.54) is 15.9 Å². The van der Waals surface area contributed by atoms with Gasteiger partial charge in [0.05, 0.1) is 92.4 Å². The molecule has 0 aliphatic carbocycles. The number of allylic oxidation sites excluding steroid dienone is 8. The largest absolute Gasteiger partial charge is 0.748 e. The zero-order chi connectivity index (χ0) is 86.7. The van der Waals surface area contributed by atoms with Crippen molar-refractivity contribution >= 4 is 151 Å². The molecule has 0 saturated carbocycles. The first-order valence-electron chi connectivity index (χ1n) is 32.7. The maximum absolute atomic E-state index is 13.2. The molecule has 0 spiro atoms. The van der Waals surface area contributed by atoms with E-state index in [-0.39, 0.29) is 86.5 Å². The number of fused-ring (bicyclic) bond motifs is 4. The predicted octanol–water partition coefficient (Wildman–Crippen LogP) is 4.17. The summed E-state index contributed by atoms with van der Waals surface area (Å²) in [4.78, 5) is 51.8. The van der Waals surface area contributed by atoms with Crippen LogP contribution in [0.5, 0.6) is 0 Å². The number of ether oxygens (including phenoxy) is 1. The first-order valence-corrected chi connectivity index (χ1v) is 44.9. The second-order valence-corrected chi connectivity index (χ2v) is 37.2. The topological polar surface area (TPSA) is 636 Å². The van der Waals surface area contributed by atoms with E-state index in [1.807, 2.05) is 25.3 Å². The molecule has 622 valence electrons. The summed E-state index contributed by atoms with van der Waals surface area (Å²) >= 11 is 0. The molecule has 0 saturated heterocycles. The molecule has 0 aromatic heterocycles. The number of aromatic carboxylic acids is 3. The first-order chi connectivity index (χ1) is 51.5. The minimum absolute atomic E-state index is 0.0256. The van der Waals surface area contributed by atoms with E-state index >= 15 is 0 Å². The highest BCUT2D eigenvalue weighted by Crippen LogP contribution is 2.53. The van der Waals surface area contributed by atoms with Gasteiger partial charge in [0.15, 0.2) is 11.4 Å². The fraction of sp³-hybridized carbons (Fsp3) is 0.415. The lowest BCUT2D eigenvalue weighted by atomic mass is 9.78. The standard InChI is InChI=1S/C34H42N2O13S3.C31H36N2O13S3.3O3S/c1-6-17-49-32(39)23-11-7-12-25-29(23)33(2,3)27(35(25)15-9-18-50(40,41)42)13-8-14-28-34(4,5)30-24(31(37)38)20-22(52(46,47)48)21-26(30)36(28)16-10-19-51(43,44)45;1-30(2)24(32(13-7-15-47(38,39)40)22-10-5-9-20(26(22)30)28(34)35)11-6-12-25-31(3,4)27-21(29(36)37)17-19(49(44,45)46)18-23(27)33(25)14-8-16-48(41,42)43;3*1-4(2)3/h7-8,11-14,20-21H,6,9-10,15-19H2,1-5H3,(H3-,37,38,40,41,42,43,44,45,46,47,48);5-6,9-12,17-18H,7-8,13-16H2,1-4H3,(H4-,34,35,36,37,38,39,40,41,42,43,44,45,46);;;. The van der Waals surface area contributed by atoms with E-state index in [4.69, 9.17) is 42.6 Å². The summed E-state index contributed by atoms with van der Waals surface area (Å²) < 4.78 is 287. The van der Waals surface area contributed by atoms with E-state index < -0.39 is 182 Å². The van der Waals surface area contributed by atoms with Gasteiger partial charge in [-0.15, -0.1) is 37.9 Å². The van der Waals surface area contributed by atoms with Crippen molar-refractivity contribution in [3.8, 4) is 0 Å². The summed E-state index contributed by atoms with van der Waals surface area (Å²) in [5, 5.41) is 30.1. The lowest BCUT2D eigenvalue weighted by Gasteiger charge is -2.27. The van der Waals surface area contributed by atoms with Crippen molar-refractivity contribution in [1.82, 2.24) is 0 Å². The van der Waals surface area contributed by atoms with Gasteiger partial charge in [-0.2, -0.15) is 42.8 Å². The van der Waals surface area contributed by atoms with Crippen LogP contribution in [0.1, 0.15) is 158 Å². The average molecular weight is 1760 g/mol. The minimum atomic E-state index is -4.87. The van der Waals surface area contributed by atoms with Crippen molar-refractivity contribution in [1.29, 1.82) is 0 Å². The summed E-state index contributed by atoms with van der Waals surface area (Å²) in [7, 11) is -36.9. The number of esters is 1. The van der Waals surface area contributed by atoms with Crippen molar-refractivity contribution in [3.63, 3.8) is 0 Å². The second kappa shape index (κ2) is 37.5. The van der Waals surface area contributed by atoms with Gasteiger partial charge in [-0.05, 0) is 95.5 Å². The molecule has 0 atom stereocenters. The van der Waals surface area contributed by atoms with E-state index in [0.717, 1.165) is 24.3 Å². The molecule has 4 aliphatic heterocycles. The molecule has 7 N–H and O–H groups in total. The highest BCUT2D eigenvalue weighted by molar-refractivity contribution is 7.87. The van der Waals surface area contributed by atoms with E-state index in [1.54, 1.807) is 113 Å². The zero-order valence-electron chi connectivity index (χ0n) is 61.2. The van der Waals surface area contributed by atoms with Gasteiger partial charge in [0.25, 0.3) is 40.5 Å². The van der Waals surface area contributed by atoms with Gasteiger partial charge in [0.1, 0.15) is 13.1 Å². The van der Waals surface area contributed by atoms with Crippen LogP contribution in [-0.4, -0.2) is 231 Å². The van der Waals surface area contributed by atoms with Crippen LogP contribution in [0.3, 0.4) is 0 Å². The summed E-state index contributed by atoms with van der Waals surface area (Å²) in [6, 6.07) is 13.6. The number of hydrogen-bond donors (Lipinski definition) is 7. The van der Waals surface area contributed by atoms with Crippen LogP contribution < -0.4 is 9.80 Å². The zero-order valence-corrected chi connectivity index (χ0v) is 68.5. The van der Waals surface area contributed by atoms with E-state index in [0.29, 0.717) is 57.3 Å². The molecule has 39 nitrogen and oxygen atoms in total. The SMILES string of the molecule is CC1(C)C(/C=C/C=C2/N(CCCS(=O)(=O)O)c3cc(S(=O)(=O)O)cc(C(=O)O)c3C2(C)C)=[N+](CCCS(=O)(=O)[O-])c2cccc(C(=O)O)c21.CCCOC(=O)c1cccc2c1C(C)(C)C(/C=C/C=C1/N(CCCS(=O)(=O)O)c3cc(S(=O)(=O)O)cc(C(=O)O)c3C1(C)C)=[N+]2CCCS(=O)(=O)[O-].O=S(=O)=O.O=S(=O)=O.O=S(=O)=O. The van der Waals surface area contributed by atoms with Crippen molar-refractivity contribution in [2.75, 3.05) is 65.6 Å². The predicted molar refractivity (Wildman–Crippen MR) is 397 cm³/mol. The third-order valence-corrected chi connectivity index (χ3v) is 22.6. The molecule has 8 rings (SSSR count). The molecular weight excluding hydrogens is 1690 g/mol. The van der Waals surface area contributed by atoms with Gasteiger partial charge < -0.3 is 39.0 Å². The Morgan fingerprint density at radius 1 is 0.460 bits per heavy atom. The maximum atomic E-state index is 13.2.